The van der Waals surface area contributed by atoms with E-state index in [4.69, 9.17) is 14.2 Å². The van der Waals surface area contributed by atoms with E-state index in [0.717, 1.165) is 25.7 Å². The SMILES string of the molecule is COCCCNC(=O)C1CC2CCC1CC21NC(=O)c2ccc(OC)cc2O1. The van der Waals surface area contributed by atoms with Crippen LogP contribution in [-0.4, -0.2) is 44.9 Å². The van der Waals surface area contributed by atoms with Crippen LogP contribution >= 0.6 is 0 Å². The molecule has 28 heavy (non-hydrogen) atoms. The summed E-state index contributed by atoms with van der Waals surface area (Å²) in [6.07, 6.45) is 4.16. The molecule has 5 rings (SSSR count). The van der Waals surface area contributed by atoms with Gasteiger partial charge in [-0.3, -0.25) is 9.59 Å². The maximum atomic E-state index is 12.7. The molecule has 3 fully saturated rings. The summed E-state index contributed by atoms with van der Waals surface area (Å²) in [4.78, 5) is 25.4. The zero-order chi connectivity index (χ0) is 19.7. The molecule has 1 spiro atoms. The number of carbonyl (C=O) groups is 2. The third-order valence-corrected chi connectivity index (χ3v) is 6.43. The predicted molar refractivity (Wildman–Crippen MR) is 102 cm³/mol. The van der Waals surface area contributed by atoms with Crippen LogP contribution in [0.3, 0.4) is 0 Å². The second kappa shape index (κ2) is 7.62. The Hall–Kier alpha value is -2.28. The number of ether oxygens (including phenoxy) is 3. The van der Waals surface area contributed by atoms with E-state index in [1.165, 1.54) is 0 Å². The molecule has 2 amide bonds. The Morgan fingerprint density at radius 1 is 1.36 bits per heavy atom. The Labute approximate surface area is 165 Å². The first-order valence-electron chi connectivity index (χ1n) is 10.0. The predicted octanol–water partition coefficient (Wildman–Crippen LogP) is 2.10. The van der Waals surface area contributed by atoms with Crippen molar-refractivity contribution in [1.29, 1.82) is 0 Å². The van der Waals surface area contributed by atoms with E-state index in [0.29, 0.717) is 36.6 Å². The lowest BCUT2D eigenvalue weighted by Gasteiger charge is -2.55. The Bertz CT molecular complexity index is 767. The summed E-state index contributed by atoms with van der Waals surface area (Å²) in [5, 5.41) is 6.17. The fourth-order valence-electron chi connectivity index (χ4n) is 5.00. The summed E-state index contributed by atoms with van der Waals surface area (Å²) in [7, 11) is 3.26. The molecule has 3 saturated carbocycles. The zero-order valence-corrected chi connectivity index (χ0v) is 16.5. The van der Waals surface area contributed by atoms with Gasteiger partial charge in [0, 0.05) is 44.6 Å². The van der Waals surface area contributed by atoms with Crippen molar-refractivity contribution in [2.45, 2.75) is 37.8 Å². The van der Waals surface area contributed by atoms with E-state index in [-0.39, 0.29) is 29.6 Å². The summed E-state index contributed by atoms with van der Waals surface area (Å²) < 4.78 is 16.7. The Kier molecular flexibility index (Phi) is 5.19. The topological polar surface area (TPSA) is 85.9 Å². The first-order chi connectivity index (χ1) is 13.6. The molecule has 4 aliphatic rings. The van der Waals surface area contributed by atoms with E-state index < -0.39 is 5.72 Å². The molecule has 4 unspecified atom stereocenters. The first kappa shape index (κ1) is 19.1. The van der Waals surface area contributed by atoms with Crippen molar-refractivity contribution in [3.8, 4) is 11.5 Å². The zero-order valence-electron chi connectivity index (χ0n) is 16.5. The average molecular weight is 388 g/mol. The standard InChI is InChI=1S/C21H28N2O5/c1-26-9-3-8-22-19(24)17-10-14-5-4-13(17)12-21(14)23-20(25)16-7-6-15(27-2)11-18(16)28-21/h6-7,11,13-14,17H,3-5,8-10,12H2,1-2H3,(H,22,24)(H,23,25). The highest BCUT2D eigenvalue weighted by Gasteiger charge is 2.57. The molecule has 0 radical (unpaired) electrons. The fraction of sp³-hybridized carbons (Fsp3) is 0.619. The van der Waals surface area contributed by atoms with E-state index in [1.807, 2.05) is 0 Å². The molecule has 7 heteroatoms. The Balaban J connectivity index is 1.48. The summed E-state index contributed by atoms with van der Waals surface area (Å²) in [6, 6.07) is 5.27. The summed E-state index contributed by atoms with van der Waals surface area (Å²) in [6.45, 7) is 1.27. The van der Waals surface area contributed by atoms with Crippen LogP contribution in [0.5, 0.6) is 11.5 Å². The molecule has 1 aromatic carbocycles. The molecule has 0 aromatic heterocycles. The van der Waals surface area contributed by atoms with Crippen LogP contribution in [-0.2, 0) is 9.53 Å². The summed E-state index contributed by atoms with van der Waals surface area (Å²) in [5.74, 6) is 1.55. The van der Waals surface area contributed by atoms with Crippen LogP contribution < -0.4 is 20.1 Å². The highest BCUT2D eigenvalue weighted by Crippen LogP contribution is 2.52. The van der Waals surface area contributed by atoms with Gasteiger partial charge in [0.2, 0.25) is 5.91 Å². The number of fused-ring (bicyclic) bond motifs is 3. The number of hydrogen-bond donors (Lipinski definition) is 2. The normalized spacial score (nSPS) is 30.4. The van der Waals surface area contributed by atoms with Crippen LogP contribution in [0.15, 0.2) is 18.2 Å². The van der Waals surface area contributed by atoms with Crippen LogP contribution in [0, 0.1) is 17.8 Å². The Morgan fingerprint density at radius 2 is 2.21 bits per heavy atom. The lowest BCUT2D eigenvalue weighted by Crippen LogP contribution is -2.66. The fourth-order valence-corrected chi connectivity index (χ4v) is 5.00. The van der Waals surface area contributed by atoms with E-state index in [9.17, 15) is 9.59 Å². The van der Waals surface area contributed by atoms with Crippen molar-refractivity contribution >= 4 is 11.8 Å². The first-order valence-corrected chi connectivity index (χ1v) is 10.0. The van der Waals surface area contributed by atoms with Gasteiger partial charge in [-0.1, -0.05) is 0 Å². The number of carbonyl (C=O) groups excluding carboxylic acids is 2. The van der Waals surface area contributed by atoms with Gasteiger partial charge < -0.3 is 24.8 Å². The molecule has 3 aliphatic carbocycles. The second-order valence-electron chi connectivity index (χ2n) is 8.03. The van der Waals surface area contributed by atoms with Crippen molar-refractivity contribution in [2.24, 2.45) is 17.8 Å². The molecular weight excluding hydrogens is 360 g/mol. The molecule has 2 bridgehead atoms. The largest absolute Gasteiger partial charge is 0.497 e. The Morgan fingerprint density at radius 3 is 2.93 bits per heavy atom. The number of benzene rings is 1. The minimum Gasteiger partial charge on any atom is -0.497 e. The van der Waals surface area contributed by atoms with Gasteiger partial charge in [-0.15, -0.1) is 0 Å². The van der Waals surface area contributed by atoms with Crippen molar-refractivity contribution in [1.82, 2.24) is 10.6 Å². The van der Waals surface area contributed by atoms with Gasteiger partial charge in [0.1, 0.15) is 11.5 Å². The highest BCUT2D eigenvalue weighted by molar-refractivity contribution is 5.98. The van der Waals surface area contributed by atoms with Crippen molar-refractivity contribution in [3.05, 3.63) is 23.8 Å². The molecular formula is C21H28N2O5. The smallest absolute Gasteiger partial charge is 0.258 e. The third kappa shape index (κ3) is 3.32. The van der Waals surface area contributed by atoms with Gasteiger partial charge >= 0.3 is 0 Å². The molecule has 1 heterocycles. The molecule has 1 aromatic rings. The number of rotatable bonds is 6. The van der Waals surface area contributed by atoms with E-state index in [1.54, 1.807) is 32.4 Å². The van der Waals surface area contributed by atoms with Crippen molar-refractivity contribution < 1.29 is 23.8 Å². The number of hydrogen-bond acceptors (Lipinski definition) is 5. The molecule has 152 valence electrons. The second-order valence-corrected chi connectivity index (χ2v) is 8.03. The summed E-state index contributed by atoms with van der Waals surface area (Å²) in [5.41, 5.74) is -0.188. The maximum Gasteiger partial charge on any atom is 0.258 e. The van der Waals surface area contributed by atoms with Crippen molar-refractivity contribution in [2.75, 3.05) is 27.4 Å². The van der Waals surface area contributed by atoms with Crippen molar-refractivity contribution in [3.63, 3.8) is 0 Å². The van der Waals surface area contributed by atoms with Crippen LogP contribution in [0.2, 0.25) is 0 Å². The van der Waals surface area contributed by atoms with Crippen LogP contribution in [0.25, 0.3) is 0 Å². The number of nitrogens with one attached hydrogen (secondary N) is 2. The molecule has 7 nitrogen and oxygen atoms in total. The molecule has 1 aliphatic heterocycles. The molecule has 0 saturated heterocycles. The molecule has 4 atom stereocenters. The number of methoxy groups -OCH3 is 2. The van der Waals surface area contributed by atoms with Gasteiger partial charge in [0.25, 0.3) is 5.91 Å². The lowest BCUT2D eigenvalue weighted by molar-refractivity contribution is -0.146. The maximum absolute atomic E-state index is 12.7. The van der Waals surface area contributed by atoms with Crippen LogP contribution in [0.1, 0.15) is 42.5 Å². The van der Waals surface area contributed by atoms with Gasteiger partial charge in [0.15, 0.2) is 5.72 Å². The van der Waals surface area contributed by atoms with E-state index in [2.05, 4.69) is 10.6 Å². The lowest BCUT2D eigenvalue weighted by atomic mass is 9.60. The quantitative estimate of drug-likeness (QED) is 0.729. The monoisotopic (exact) mass is 388 g/mol. The number of amides is 2. The van der Waals surface area contributed by atoms with Gasteiger partial charge in [-0.25, -0.2) is 0 Å². The third-order valence-electron chi connectivity index (χ3n) is 6.43. The van der Waals surface area contributed by atoms with Crippen LogP contribution in [0.4, 0.5) is 0 Å². The minimum absolute atomic E-state index is 0.0147. The molecule has 2 N–H and O–H groups in total. The van der Waals surface area contributed by atoms with Gasteiger partial charge in [-0.05, 0) is 43.7 Å². The van der Waals surface area contributed by atoms with Gasteiger partial charge in [-0.2, -0.15) is 0 Å². The summed E-state index contributed by atoms with van der Waals surface area (Å²) >= 11 is 0. The minimum atomic E-state index is -0.716. The highest BCUT2D eigenvalue weighted by atomic mass is 16.5. The average Bonchev–Trinajstić information content (AvgIpc) is 2.70. The van der Waals surface area contributed by atoms with Gasteiger partial charge in [0.05, 0.1) is 12.7 Å². The van der Waals surface area contributed by atoms with E-state index >= 15 is 0 Å².